The summed E-state index contributed by atoms with van der Waals surface area (Å²) < 4.78 is 4.99. The Balaban J connectivity index is 2.16. The van der Waals surface area contributed by atoms with Crippen LogP contribution in [-0.2, 0) is 11.2 Å². The molecule has 1 aromatic carbocycles. The van der Waals surface area contributed by atoms with Crippen molar-refractivity contribution in [2.45, 2.75) is 45.1 Å². The molecular weight excluding hydrogens is 214 g/mol. The van der Waals surface area contributed by atoms with E-state index in [0.717, 1.165) is 32.1 Å². The predicted octanol–water partition coefficient (Wildman–Crippen LogP) is 3.27. The average molecular weight is 235 g/mol. The van der Waals surface area contributed by atoms with Crippen LogP contribution in [0.4, 0.5) is 4.79 Å². The van der Waals surface area contributed by atoms with Gasteiger partial charge in [-0.05, 0) is 37.7 Å². The van der Waals surface area contributed by atoms with Crippen LogP contribution < -0.4 is 5.73 Å². The molecule has 0 heterocycles. The Morgan fingerprint density at radius 3 is 2.59 bits per heavy atom. The number of ether oxygens (including phenoxy) is 1. The summed E-state index contributed by atoms with van der Waals surface area (Å²) in [6, 6.07) is 10.4. The van der Waals surface area contributed by atoms with Crippen molar-refractivity contribution in [2.75, 3.05) is 0 Å². The molecule has 1 atom stereocenters. The van der Waals surface area contributed by atoms with Crippen LogP contribution in [0.15, 0.2) is 30.3 Å². The summed E-state index contributed by atoms with van der Waals surface area (Å²) in [6.45, 7) is 2.00. The van der Waals surface area contributed by atoms with Crippen LogP contribution in [0.1, 0.15) is 38.2 Å². The summed E-state index contributed by atoms with van der Waals surface area (Å²) in [5.41, 5.74) is 6.36. The van der Waals surface area contributed by atoms with Gasteiger partial charge in [-0.15, -0.1) is 0 Å². The molecule has 0 spiro atoms. The number of unbranched alkanes of at least 4 members (excludes halogenated alkanes) is 1. The van der Waals surface area contributed by atoms with Crippen LogP contribution in [-0.4, -0.2) is 12.2 Å². The van der Waals surface area contributed by atoms with Crippen LogP contribution in [0.3, 0.4) is 0 Å². The van der Waals surface area contributed by atoms with Gasteiger partial charge in [0, 0.05) is 0 Å². The molecule has 0 aliphatic heterocycles. The summed E-state index contributed by atoms with van der Waals surface area (Å²) >= 11 is 0. The van der Waals surface area contributed by atoms with Gasteiger partial charge in [0.15, 0.2) is 0 Å². The second-order valence-electron chi connectivity index (χ2n) is 4.20. The van der Waals surface area contributed by atoms with Crippen molar-refractivity contribution in [3.05, 3.63) is 35.9 Å². The van der Waals surface area contributed by atoms with Crippen molar-refractivity contribution in [3.63, 3.8) is 0 Å². The third-order valence-corrected chi connectivity index (χ3v) is 2.82. The second kappa shape index (κ2) is 7.71. The highest BCUT2D eigenvalue weighted by molar-refractivity contribution is 5.64. The number of hydrogen-bond donors (Lipinski definition) is 1. The Morgan fingerprint density at radius 2 is 2.00 bits per heavy atom. The molecule has 0 saturated heterocycles. The molecule has 3 heteroatoms. The van der Waals surface area contributed by atoms with Crippen LogP contribution in [0, 0.1) is 0 Å². The van der Waals surface area contributed by atoms with E-state index < -0.39 is 6.09 Å². The first-order valence-corrected chi connectivity index (χ1v) is 6.22. The van der Waals surface area contributed by atoms with Gasteiger partial charge in [0.05, 0.1) is 0 Å². The molecule has 0 radical (unpaired) electrons. The fraction of sp³-hybridized carbons (Fsp3) is 0.500. The fourth-order valence-corrected chi connectivity index (χ4v) is 1.86. The van der Waals surface area contributed by atoms with Crippen molar-refractivity contribution < 1.29 is 9.53 Å². The van der Waals surface area contributed by atoms with E-state index in [0.29, 0.717) is 0 Å². The summed E-state index contributed by atoms with van der Waals surface area (Å²) in [6.07, 6.45) is 4.28. The van der Waals surface area contributed by atoms with Gasteiger partial charge in [-0.3, -0.25) is 0 Å². The van der Waals surface area contributed by atoms with Crippen molar-refractivity contribution in [1.29, 1.82) is 0 Å². The molecule has 1 amide bonds. The maximum absolute atomic E-state index is 10.6. The quantitative estimate of drug-likeness (QED) is 0.737. The SMILES string of the molecule is CCC(CCCCc1ccccc1)OC(N)=O. The molecule has 0 saturated carbocycles. The molecule has 1 rings (SSSR count). The predicted molar refractivity (Wildman–Crippen MR) is 68.7 cm³/mol. The number of nitrogens with two attached hydrogens (primary N) is 1. The van der Waals surface area contributed by atoms with Gasteiger partial charge in [0.1, 0.15) is 6.10 Å². The highest BCUT2D eigenvalue weighted by atomic mass is 16.6. The summed E-state index contributed by atoms with van der Waals surface area (Å²) in [7, 11) is 0. The molecule has 0 bridgehead atoms. The van der Waals surface area contributed by atoms with Crippen LogP contribution in [0.5, 0.6) is 0 Å². The zero-order chi connectivity index (χ0) is 12.5. The molecule has 0 fully saturated rings. The van der Waals surface area contributed by atoms with E-state index in [1.807, 2.05) is 13.0 Å². The van der Waals surface area contributed by atoms with E-state index in [-0.39, 0.29) is 6.10 Å². The number of amides is 1. The number of carbonyl (C=O) groups is 1. The zero-order valence-electron chi connectivity index (χ0n) is 10.4. The largest absolute Gasteiger partial charge is 0.446 e. The summed E-state index contributed by atoms with van der Waals surface area (Å²) in [5.74, 6) is 0. The molecule has 0 aromatic heterocycles. The Morgan fingerprint density at radius 1 is 1.29 bits per heavy atom. The minimum absolute atomic E-state index is 0.0247. The molecule has 0 aliphatic rings. The van der Waals surface area contributed by atoms with E-state index >= 15 is 0 Å². The molecule has 2 N–H and O–H groups in total. The third kappa shape index (κ3) is 5.95. The monoisotopic (exact) mass is 235 g/mol. The lowest BCUT2D eigenvalue weighted by atomic mass is 10.0. The van der Waals surface area contributed by atoms with Gasteiger partial charge < -0.3 is 10.5 Å². The lowest BCUT2D eigenvalue weighted by Gasteiger charge is -2.14. The normalized spacial score (nSPS) is 12.1. The maximum Gasteiger partial charge on any atom is 0.404 e. The van der Waals surface area contributed by atoms with Crippen LogP contribution in [0.25, 0.3) is 0 Å². The molecule has 0 aliphatic carbocycles. The first-order valence-electron chi connectivity index (χ1n) is 6.22. The Hall–Kier alpha value is -1.51. The fourth-order valence-electron chi connectivity index (χ4n) is 1.86. The Kier molecular flexibility index (Phi) is 6.15. The standard InChI is InChI=1S/C14H21NO2/c1-2-13(17-14(15)16)11-7-6-10-12-8-4-3-5-9-12/h3-5,8-9,13H,2,6-7,10-11H2,1H3,(H2,15,16). The minimum Gasteiger partial charge on any atom is -0.446 e. The van der Waals surface area contributed by atoms with Gasteiger partial charge in [-0.2, -0.15) is 0 Å². The van der Waals surface area contributed by atoms with Gasteiger partial charge >= 0.3 is 6.09 Å². The van der Waals surface area contributed by atoms with E-state index in [1.165, 1.54) is 5.56 Å². The highest BCUT2D eigenvalue weighted by Gasteiger charge is 2.09. The van der Waals surface area contributed by atoms with Gasteiger partial charge in [0.25, 0.3) is 0 Å². The van der Waals surface area contributed by atoms with Crippen molar-refractivity contribution in [2.24, 2.45) is 5.73 Å². The van der Waals surface area contributed by atoms with Gasteiger partial charge in [0.2, 0.25) is 0 Å². The zero-order valence-corrected chi connectivity index (χ0v) is 10.4. The highest BCUT2D eigenvalue weighted by Crippen LogP contribution is 2.11. The van der Waals surface area contributed by atoms with E-state index in [4.69, 9.17) is 10.5 Å². The molecule has 94 valence electrons. The summed E-state index contributed by atoms with van der Waals surface area (Å²) in [5, 5.41) is 0. The van der Waals surface area contributed by atoms with Crippen molar-refractivity contribution in [3.8, 4) is 0 Å². The second-order valence-corrected chi connectivity index (χ2v) is 4.20. The molecule has 1 aromatic rings. The number of benzene rings is 1. The first-order chi connectivity index (χ1) is 8.22. The van der Waals surface area contributed by atoms with E-state index in [2.05, 4.69) is 24.3 Å². The minimum atomic E-state index is -0.667. The van der Waals surface area contributed by atoms with Crippen molar-refractivity contribution >= 4 is 6.09 Å². The maximum atomic E-state index is 10.6. The van der Waals surface area contributed by atoms with Gasteiger partial charge in [-0.25, -0.2) is 4.79 Å². The Bertz CT molecular complexity index is 324. The van der Waals surface area contributed by atoms with E-state index in [9.17, 15) is 4.79 Å². The number of hydrogen-bond acceptors (Lipinski definition) is 2. The van der Waals surface area contributed by atoms with Gasteiger partial charge in [-0.1, -0.05) is 37.3 Å². The van der Waals surface area contributed by atoms with Crippen molar-refractivity contribution in [1.82, 2.24) is 0 Å². The van der Waals surface area contributed by atoms with E-state index in [1.54, 1.807) is 0 Å². The Labute approximate surface area is 103 Å². The average Bonchev–Trinajstić information content (AvgIpc) is 2.34. The molecule has 3 nitrogen and oxygen atoms in total. The summed E-state index contributed by atoms with van der Waals surface area (Å²) in [4.78, 5) is 10.6. The molecule has 1 unspecified atom stereocenters. The van der Waals surface area contributed by atoms with Crippen LogP contribution in [0.2, 0.25) is 0 Å². The number of primary amides is 1. The number of aryl methyl sites for hydroxylation is 1. The lowest BCUT2D eigenvalue weighted by Crippen LogP contribution is -2.22. The smallest absolute Gasteiger partial charge is 0.404 e. The molecule has 17 heavy (non-hydrogen) atoms. The topological polar surface area (TPSA) is 52.3 Å². The number of rotatable bonds is 7. The van der Waals surface area contributed by atoms with Crippen LogP contribution >= 0.6 is 0 Å². The lowest BCUT2D eigenvalue weighted by molar-refractivity contribution is 0.0971. The third-order valence-electron chi connectivity index (χ3n) is 2.82. The first kappa shape index (κ1) is 13.6. The molecular formula is C14H21NO2. The number of carbonyl (C=O) groups excluding carboxylic acids is 1.